The zero-order chi connectivity index (χ0) is 10.7. The first-order valence-corrected chi connectivity index (χ1v) is 7.66. The lowest BCUT2D eigenvalue weighted by atomic mass is 10.2. The molecule has 0 fully saturated rings. The van der Waals surface area contributed by atoms with Crippen LogP contribution in [0.2, 0.25) is 18.1 Å². The highest BCUT2D eigenvalue weighted by Crippen LogP contribution is 2.37. The first-order chi connectivity index (χ1) is 5.70. The molecule has 0 unspecified atom stereocenters. The Hall–Kier alpha value is -0.333. The van der Waals surface area contributed by atoms with Crippen LogP contribution in [0.25, 0.3) is 0 Å². The number of rotatable bonds is 3. The maximum Gasteiger partial charge on any atom is 0.192 e. The molecule has 3 heteroatoms. The van der Waals surface area contributed by atoms with E-state index in [0.717, 1.165) is 0 Å². The molecule has 0 aromatic rings. The molecule has 13 heavy (non-hydrogen) atoms. The summed E-state index contributed by atoms with van der Waals surface area (Å²) in [5.74, 6) is 0. The van der Waals surface area contributed by atoms with E-state index in [9.17, 15) is 0 Å². The molecule has 2 nitrogen and oxygen atoms in total. The van der Waals surface area contributed by atoms with Crippen LogP contribution in [0.4, 0.5) is 0 Å². The van der Waals surface area contributed by atoms with E-state index in [1.54, 1.807) is 0 Å². The third-order valence-corrected chi connectivity index (χ3v) is 7.28. The Morgan fingerprint density at radius 1 is 1.38 bits per heavy atom. The summed E-state index contributed by atoms with van der Waals surface area (Å²) >= 11 is 0. The monoisotopic (exact) mass is 199 g/mol. The van der Waals surface area contributed by atoms with Gasteiger partial charge in [0, 0.05) is 0 Å². The van der Waals surface area contributed by atoms with Crippen molar-refractivity contribution in [1.29, 1.82) is 5.26 Å². The summed E-state index contributed by atoms with van der Waals surface area (Å²) in [6, 6.07) is 2.14. The Balaban J connectivity index is 4.27. The molecule has 0 aliphatic carbocycles. The average molecular weight is 199 g/mol. The van der Waals surface area contributed by atoms with Crippen LogP contribution in [0.5, 0.6) is 0 Å². The lowest BCUT2D eigenvalue weighted by molar-refractivity contribution is 0.204. The molecule has 0 aromatic carbocycles. The van der Waals surface area contributed by atoms with Crippen molar-refractivity contribution in [3.05, 3.63) is 0 Å². The van der Waals surface area contributed by atoms with Gasteiger partial charge < -0.3 is 4.43 Å². The number of nitriles is 1. The minimum Gasteiger partial charge on any atom is -0.413 e. The third kappa shape index (κ3) is 3.92. The van der Waals surface area contributed by atoms with Crippen molar-refractivity contribution in [3.8, 4) is 6.07 Å². The molecule has 0 aliphatic rings. The molecule has 0 heterocycles. The molecule has 0 spiro atoms. The SMILES string of the molecule is C[C@@H](CC#N)O[Si](C)(C)C(C)(C)C. The third-order valence-electron chi connectivity index (χ3n) is 2.68. The average Bonchev–Trinajstić information content (AvgIpc) is 1.83. The molecule has 0 amide bonds. The van der Waals surface area contributed by atoms with Crippen molar-refractivity contribution in [1.82, 2.24) is 0 Å². The molecule has 76 valence electrons. The smallest absolute Gasteiger partial charge is 0.192 e. The van der Waals surface area contributed by atoms with E-state index in [0.29, 0.717) is 6.42 Å². The van der Waals surface area contributed by atoms with Gasteiger partial charge in [-0.05, 0) is 25.1 Å². The molecule has 0 aromatic heterocycles. The first kappa shape index (κ1) is 12.7. The zero-order valence-corrected chi connectivity index (χ0v) is 10.6. The van der Waals surface area contributed by atoms with E-state index in [-0.39, 0.29) is 11.1 Å². The summed E-state index contributed by atoms with van der Waals surface area (Å²) in [7, 11) is -1.66. The summed E-state index contributed by atoms with van der Waals surface area (Å²) in [5.41, 5.74) is 0. The van der Waals surface area contributed by atoms with E-state index in [2.05, 4.69) is 39.9 Å². The van der Waals surface area contributed by atoms with Crippen molar-refractivity contribution < 1.29 is 4.43 Å². The largest absolute Gasteiger partial charge is 0.413 e. The zero-order valence-electron chi connectivity index (χ0n) is 9.64. The molecule has 0 saturated heterocycles. The fourth-order valence-electron chi connectivity index (χ4n) is 0.850. The van der Waals surface area contributed by atoms with Gasteiger partial charge in [-0.25, -0.2) is 0 Å². The van der Waals surface area contributed by atoms with E-state index < -0.39 is 8.32 Å². The van der Waals surface area contributed by atoms with Crippen LogP contribution in [-0.4, -0.2) is 14.4 Å². The molecule has 0 saturated carbocycles. The Morgan fingerprint density at radius 3 is 2.15 bits per heavy atom. The van der Waals surface area contributed by atoms with Gasteiger partial charge in [-0.15, -0.1) is 0 Å². The summed E-state index contributed by atoms with van der Waals surface area (Å²) in [6.45, 7) is 13.0. The molecule has 0 radical (unpaired) electrons. The Bertz CT molecular complexity index is 200. The topological polar surface area (TPSA) is 33.0 Å². The van der Waals surface area contributed by atoms with Gasteiger partial charge in [0.25, 0.3) is 0 Å². The highest BCUT2D eigenvalue weighted by atomic mass is 28.4. The summed E-state index contributed by atoms with van der Waals surface area (Å²) in [5, 5.41) is 8.75. The van der Waals surface area contributed by atoms with Crippen molar-refractivity contribution in [3.63, 3.8) is 0 Å². The number of nitrogens with zero attached hydrogens (tertiary/aromatic N) is 1. The van der Waals surface area contributed by atoms with Crippen LogP contribution in [0.3, 0.4) is 0 Å². The highest BCUT2D eigenvalue weighted by Gasteiger charge is 2.38. The van der Waals surface area contributed by atoms with E-state index in [4.69, 9.17) is 9.69 Å². The predicted octanol–water partition coefficient (Wildman–Crippen LogP) is 3.31. The van der Waals surface area contributed by atoms with E-state index in [1.807, 2.05) is 6.92 Å². The second-order valence-corrected chi connectivity index (χ2v) is 9.81. The van der Waals surface area contributed by atoms with Crippen LogP contribution in [0, 0.1) is 11.3 Å². The van der Waals surface area contributed by atoms with Gasteiger partial charge in [-0.2, -0.15) is 5.26 Å². The number of hydrogen-bond donors (Lipinski definition) is 0. The fourth-order valence-corrected chi connectivity index (χ4v) is 2.29. The second-order valence-electron chi connectivity index (χ2n) is 5.05. The number of hydrogen-bond acceptors (Lipinski definition) is 2. The standard InChI is InChI=1S/C10H21NOSi/c1-9(7-8-11)12-13(5,6)10(2,3)4/h9H,7H2,1-6H3/t9-/m0/s1. The molecular weight excluding hydrogens is 178 g/mol. The van der Waals surface area contributed by atoms with E-state index in [1.165, 1.54) is 0 Å². The minimum absolute atomic E-state index is 0.0749. The maximum absolute atomic E-state index is 8.52. The van der Waals surface area contributed by atoms with Crippen LogP contribution in [-0.2, 0) is 4.43 Å². The van der Waals surface area contributed by atoms with Crippen LogP contribution < -0.4 is 0 Å². The fraction of sp³-hybridized carbons (Fsp3) is 0.900. The van der Waals surface area contributed by atoms with Gasteiger partial charge in [0.2, 0.25) is 0 Å². The van der Waals surface area contributed by atoms with Crippen molar-refractivity contribution in [2.75, 3.05) is 0 Å². The molecule has 0 N–H and O–H groups in total. The molecule has 1 atom stereocenters. The Labute approximate surface area is 83.0 Å². The Kier molecular flexibility index (Phi) is 4.14. The van der Waals surface area contributed by atoms with Gasteiger partial charge in [-0.3, -0.25) is 0 Å². The van der Waals surface area contributed by atoms with Gasteiger partial charge >= 0.3 is 0 Å². The van der Waals surface area contributed by atoms with Crippen molar-refractivity contribution in [2.45, 2.75) is 58.4 Å². The van der Waals surface area contributed by atoms with Crippen LogP contribution >= 0.6 is 0 Å². The summed E-state index contributed by atoms with van der Waals surface area (Å²) < 4.78 is 5.96. The van der Waals surface area contributed by atoms with Crippen molar-refractivity contribution >= 4 is 8.32 Å². The van der Waals surface area contributed by atoms with Crippen molar-refractivity contribution in [2.24, 2.45) is 0 Å². The molecule has 0 aliphatic heterocycles. The predicted molar refractivity (Wildman–Crippen MR) is 58.0 cm³/mol. The van der Waals surface area contributed by atoms with E-state index >= 15 is 0 Å². The quantitative estimate of drug-likeness (QED) is 0.653. The van der Waals surface area contributed by atoms with Crippen LogP contribution in [0.1, 0.15) is 34.1 Å². The highest BCUT2D eigenvalue weighted by molar-refractivity contribution is 6.74. The first-order valence-electron chi connectivity index (χ1n) is 4.75. The van der Waals surface area contributed by atoms with Gasteiger partial charge in [0.1, 0.15) is 0 Å². The normalized spacial score (nSPS) is 15.2. The minimum atomic E-state index is -1.66. The molecular formula is C10H21NOSi. The Morgan fingerprint density at radius 2 is 1.85 bits per heavy atom. The second kappa shape index (κ2) is 4.25. The lowest BCUT2D eigenvalue weighted by Gasteiger charge is -2.38. The summed E-state index contributed by atoms with van der Waals surface area (Å²) in [4.78, 5) is 0. The molecule has 0 bridgehead atoms. The maximum atomic E-state index is 8.52. The lowest BCUT2D eigenvalue weighted by Crippen LogP contribution is -2.43. The van der Waals surface area contributed by atoms with Gasteiger partial charge in [0.05, 0.1) is 18.6 Å². The van der Waals surface area contributed by atoms with Gasteiger partial charge in [-0.1, -0.05) is 20.8 Å². The summed E-state index contributed by atoms with van der Waals surface area (Å²) in [6.07, 6.45) is 0.567. The molecule has 0 rings (SSSR count). The van der Waals surface area contributed by atoms with Gasteiger partial charge in [0.15, 0.2) is 8.32 Å². The van der Waals surface area contributed by atoms with Crippen LogP contribution in [0.15, 0.2) is 0 Å².